The number of aromatic nitrogens is 3. The molecular formula is C17H13F2N3O2. The van der Waals surface area contributed by atoms with Crippen LogP contribution in [0.5, 0.6) is 0 Å². The summed E-state index contributed by atoms with van der Waals surface area (Å²) in [5.74, 6) is -1.63. The maximum atomic E-state index is 13.2. The summed E-state index contributed by atoms with van der Waals surface area (Å²) >= 11 is 0. The van der Waals surface area contributed by atoms with Crippen LogP contribution in [-0.4, -0.2) is 25.7 Å². The van der Waals surface area contributed by atoms with Crippen molar-refractivity contribution in [2.45, 2.75) is 12.1 Å². The number of Topliss-reactive ketones (excluding diaryl/α,β-unsaturated/α-hetero) is 1. The van der Waals surface area contributed by atoms with Crippen molar-refractivity contribution in [2.24, 2.45) is 0 Å². The van der Waals surface area contributed by atoms with Gasteiger partial charge in [0.2, 0.25) is 5.78 Å². The maximum absolute atomic E-state index is 13.2. The van der Waals surface area contributed by atoms with E-state index in [1.54, 1.807) is 0 Å². The van der Waals surface area contributed by atoms with Crippen LogP contribution in [0.1, 0.15) is 15.9 Å². The molecule has 24 heavy (non-hydrogen) atoms. The number of ketones is 1. The Hall–Kier alpha value is -2.93. The maximum Gasteiger partial charge on any atom is 0.200 e. The number of carbonyl (C=O) groups is 1. The molecule has 1 atom stereocenters. The van der Waals surface area contributed by atoms with E-state index in [2.05, 4.69) is 10.1 Å². The van der Waals surface area contributed by atoms with Gasteiger partial charge in [0.15, 0.2) is 5.60 Å². The van der Waals surface area contributed by atoms with E-state index in [0.29, 0.717) is 0 Å². The molecule has 1 aromatic heterocycles. The number of carbonyl (C=O) groups excluding carboxylic acids is 1. The van der Waals surface area contributed by atoms with Crippen LogP contribution < -0.4 is 0 Å². The second-order valence-corrected chi connectivity index (χ2v) is 5.30. The monoisotopic (exact) mass is 329 g/mol. The molecule has 0 radical (unpaired) electrons. The van der Waals surface area contributed by atoms with Gasteiger partial charge in [0, 0.05) is 5.56 Å². The molecule has 0 aliphatic rings. The van der Waals surface area contributed by atoms with E-state index < -0.39 is 23.0 Å². The van der Waals surface area contributed by atoms with Crippen molar-refractivity contribution in [2.75, 3.05) is 0 Å². The van der Waals surface area contributed by atoms with Crippen molar-refractivity contribution < 1.29 is 18.7 Å². The summed E-state index contributed by atoms with van der Waals surface area (Å²) in [6.45, 7) is -0.213. The van der Waals surface area contributed by atoms with Crippen LogP contribution >= 0.6 is 0 Å². The molecule has 1 N–H and O–H groups in total. The molecule has 0 saturated heterocycles. The van der Waals surface area contributed by atoms with Crippen LogP contribution in [0.4, 0.5) is 8.78 Å². The second-order valence-electron chi connectivity index (χ2n) is 5.30. The standard InChI is InChI=1S/C17H13F2N3O2/c18-14-5-1-12(2-6-14)16(23)17(24,9-22-11-20-10-21-22)13-3-7-15(19)8-4-13/h1-8,10-11,24H,9H2. The molecule has 0 saturated carbocycles. The smallest absolute Gasteiger partial charge is 0.200 e. The number of hydrogen-bond donors (Lipinski definition) is 1. The van der Waals surface area contributed by atoms with Crippen molar-refractivity contribution in [3.8, 4) is 0 Å². The Kier molecular flexibility index (Phi) is 4.18. The lowest BCUT2D eigenvalue weighted by atomic mass is 9.85. The molecule has 1 heterocycles. The highest BCUT2D eigenvalue weighted by atomic mass is 19.1. The normalized spacial score (nSPS) is 13.5. The van der Waals surface area contributed by atoms with Crippen molar-refractivity contribution in [3.63, 3.8) is 0 Å². The first-order valence-electron chi connectivity index (χ1n) is 7.10. The third kappa shape index (κ3) is 3.07. The van der Waals surface area contributed by atoms with Crippen LogP contribution in [-0.2, 0) is 12.1 Å². The highest BCUT2D eigenvalue weighted by molar-refractivity contribution is 6.02. The molecule has 0 fully saturated rings. The number of aliphatic hydroxyl groups is 1. The molecule has 3 aromatic rings. The van der Waals surface area contributed by atoms with E-state index >= 15 is 0 Å². The minimum atomic E-state index is -2.00. The molecule has 0 spiro atoms. The molecule has 122 valence electrons. The molecule has 0 bridgehead atoms. The molecular weight excluding hydrogens is 316 g/mol. The summed E-state index contributed by atoms with van der Waals surface area (Å²) in [4.78, 5) is 16.6. The lowest BCUT2D eigenvalue weighted by molar-refractivity contribution is 0.0181. The number of nitrogens with zero attached hydrogens (tertiary/aromatic N) is 3. The molecule has 7 heteroatoms. The predicted octanol–water partition coefficient (Wildman–Crippen LogP) is 2.33. The minimum absolute atomic E-state index is 0.128. The average Bonchev–Trinajstić information content (AvgIpc) is 3.08. The van der Waals surface area contributed by atoms with E-state index in [1.807, 2.05) is 0 Å². The molecule has 3 rings (SSSR count). The summed E-state index contributed by atoms with van der Waals surface area (Å²) < 4.78 is 27.6. The van der Waals surface area contributed by atoms with Crippen molar-refractivity contribution in [1.29, 1.82) is 0 Å². The Morgan fingerprint density at radius 2 is 1.62 bits per heavy atom. The van der Waals surface area contributed by atoms with Gasteiger partial charge in [-0.25, -0.2) is 18.4 Å². The van der Waals surface area contributed by atoms with Crippen LogP contribution in [0.25, 0.3) is 0 Å². The van der Waals surface area contributed by atoms with Crippen molar-refractivity contribution in [1.82, 2.24) is 14.8 Å². The third-order valence-corrected chi connectivity index (χ3v) is 3.66. The Morgan fingerprint density at radius 3 is 2.17 bits per heavy atom. The van der Waals surface area contributed by atoms with Gasteiger partial charge in [-0.2, -0.15) is 5.10 Å². The van der Waals surface area contributed by atoms with Crippen molar-refractivity contribution >= 4 is 5.78 Å². The predicted molar refractivity (Wildman–Crippen MR) is 81.0 cm³/mol. The van der Waals surface area contributed by atoms with Gasteiger partial charge < -0.3 is 5.11 Å². The fourth-order valence-electron chi connectivity index (χ4n) is 2.41. The number of hydrogen-bond acceptors (Lipinski definition) is 4. The Morgan fingerprint density at radius 1 is 1.04 bits per heavy atom. The molecule has 0 aliphatic heterocycles. The molecule has 5 nitrogen and oxygen atoms in total. The van der Waals surface area contributed by atoms with Gasteiger partial charge in [-0.3, -0.25) is 4.79 Å². The number of benzene rings is 2. The van der Waals surface area contributed by atoms with E-state index in [-0.39, 0.29) is 17.7 Å². The van der Waals surface area contributed by atoms with Crippen LogP contribution in [0, 0.1) is 11.6 Å². The molecule has 0 aliphatic carbocycles. The first kappa shape index (κ1) is 15.9. The van der Waals surface area contributed by atoms with Gasteiger partial charge in [0.1, 0.15) is 24.3 Å². The summed E-state index contributed by atoms with van der Waals surface area (Å²) in [6.07, 6.45) is 2.62. The van der Waals surface area contributed by atoms with Gasteiger partial charge in [0.25, 0.3) is 0 Å². The first-order valence-corrected chi connectivity index (χ1v) is 7.10. The van der Waals surface area contributed by atoms with Gasteiger partial charge in [-0.15, -0.1) is 0 Å². The largest absolute Gasteiger partial charge is 0.375 e. The Labute approximate surface area is 136 Å². The van der Waals surface area contributed by atoms with Gasteiger partial charge in [0.05, 0.1) is 6.54 Å². The van der Waals surface area contributed by atoms with Gasteiger partial charge in [-0.05, 0) is 42.0 Å². The fourth-order valence-corrected chi connectivity index (χ4v) is 2.41. The van der Waals surface area contributed by atoms with E-state index in [9.17, 15) is 18.7 Å². The lowest BCUT2D eigenvalue weighted by Crippen LogP contribution is -2.40. The highest BCUT2D eigenvalue weighted by Gasteiger charge is 2.39. The summed E-state index contributed by atoms with van der Waals surface area (Å²) in [5, 5.41) is 15.0. The Bertz CT molecular complexity index is 833. The summed E-state index contributed by atoms with van der Waals surface area (Å²) in [7, 11) is 0. The number of rotatable bonds is 5. The quantitative estimate of drug-likeness (QED) is 0.730. The molecule has 0 amide bonds. The second kappa shape index (κ2) is 6.29. The molecule has 2 aromatic carbocycles. The highest BCUT2D eigenvalue weighted by Crippen LogP contribution is 2.28. The minimum Gasteiger partial charge on any atom is -0.375 e. The summed E-state index contributed by atoms with van der Waals surface area (Å²) in [6, 6.07) is 9.79. The van der Waals surface area contributed by atoms with Crippen molar-refractivity contribution in [3.05, 3.63) is 83.9 Å². The number of halogens is 2. The van der Waals surface area contributed by atoms with E-state index in [1.165, 1.54) is 41.6 Å². The Balaban J connectivity index is 2.05. The fraction of sp³-hybridized carbons (Fsp3) is 0.118. The lowest BCUT2D eigenvalue weighted by Gasteiger charge is -2.27. The third-order valence-electron chi connectivity index (χ3n) is 3.66. The van der Waals surface area contributed by atoms with Gasteiger partial charge >= 0.3 is 0 Å². The van der Waals surface area contributed by atoms with Crippen LogP contribution in [0.3, 0.4) is 0 Å². The van der Waals surface area contributed by atoms with Crippen LogP contribution in [0.2, 0.25) is 0 Å². The average molecular weight is 329 g/mol. The SMILES string of the molecule is O=C(c1ccc(F)cc1)C(O)(Cn1cncn1)c1ccc(F)cc1. The zero-order valence-corrected chi connectivity index (χ0v) is 12.4. The molecule has 1 unspecified atom stereocenters. The zero-order valence-electron chi connectivity index (χ0n) is 12.4. The van der Waals surface area contributed by atoms with E-state index in [4.69, 9.17) is 0 Å². The zero-order chi connectivity index (χ0) is 17.2. The topological polar surface area (TPSA) is 68.0 Å². The summed E-state index contributed by atoms with van der Waals surface area (Å²) in [5.41, 5.74) is -1.67. The van der Waals surface area contributed by atoms with E-state index in [0.717, 1.165) is 24.3 Å². The van der Waals surface area contributed by atoms with Gasteiger partial charge in [-0.1, -0.05) is 12.1 Å². The van der Waals surface area contributed by atoms with Crippen LogP contribution in [0.15, 0.2) is 61.2 Å². The first-order chi connectivity index (χ1) is 11.5.